The largest absolute Gasteiger partial charge is 0.497 e. The van der Waals surface area contributed by atoms with Crippen LogP contribution in [0.3, 0.4) is 0 Å². The highest BCUT2D eigenvalue weighted by Crippen LogP contribution is 2.27. The number of nitrogens with one attached hydrogen (secondary N) is 1. The molecule has 5 nitrogen and oxygen atoms in total. The average Bonchev–Trinajstić information content (AvgIpc) is 2.42. The molecule has 0 aromatic heterocycles. The van der Waals surface area contributed by atoms with Crippen LogP contribution in [0.1, 0.15) is 52.1 Å². The van der Waals surface area contributed by atoms with E-state index in [0.717, 1.165) is 11.3 Å². The van der Waals surface area contributed by atoms with Crippen LogP contribution in [0.15, 0.2) is 24.3 Å². The number of amides is 1. The summed E-state index contributed by atoms with van der Waals surface area (Å²) in [5.74, 6) is -0.0377. The van der Waals surface area contributed by atoms with Crippen molar-refractivity contribution in [1.29, 1.82) is 0 Å². The molecular formula is C18H27NO4. The minimum atomic E-state index is -0.890. The molecule has 1 atom stereocenters. The van der Waals surface area contributed by atoms with Gasteiger partial charge in [-0.05, 0) is 29.0 Å². The van der Waals surface area contributed by atoms with Gasteiger partial charge in [-0.1, -0.05) is 39.8 Å². The summed E-state index contributed by atoms with van der Waals surface area (Å²) in [6, 6.07) is 7.49. The molecule has 0 aliphatic carbocycles. The van der Waals surface area contributed by atoms with Gasteiger partial charge in [0.1, 0.15) is 5.75 Å². The van der Waals surface area contributed by atoms with Crippen LogP contribution in [-0.4, -0.2) is 24.1 Å². The number of carbonyl (C=O) groups is 2. The Morgan fingerprint density at radius 2 is 1.74 bits per heavy atom. The fourth-order valence-corrected chi connectivity index (χ4v) is 2.58. The second-order valence-electron chi connectivity index (χ2n) is 6.97. The number of methoxy groups -OCH3 is 1. The van der Waals surface area contributed by atoms with Crippen molar-refractivity contribution in [2.24, 2.45) is 11.3 Å². The topological polar surface area (TPSA) is 75.6 Å². The molecule has 1 unspecified atom stereocenters. The Hall–Kier alpha value is -2.04. The van der Waals surface area contributed by atoms with Crippen molar-refractivity contribution >= 4 is 11.9 Å². The standard InChI is InChI=1S/C18H27NO4/c1-12(2)17(13-6-8-14(23-5)9-7-13)19-15(20)10-18(3,4)11-16(21)22/h6-9,12,17H,10-11H2,1-5H3,(H,19,20)(H,21,22). The van der Waals surface area contributed by atoms with Crippen LogP contribution >= 0.6 is 0 Å². The number of carbonyl (C=O) groups excluding carboxylic acids is 1. The maximum Gasteiger partial charge on any atom is 0.303 e. The summed E-state index contributed by atoms with van der Waals surface area (Å²) in [5.41, 5.74) is 0.433. The molecule has 0 spiro atoms. The highest BCUT2D eigenvalue weighted by atomic mass is 16.5. The summed E-state index contributed by atoms with van der Waals surface area (Å²) >= 11 is 0. The van der Waals surface area contributed by atoms with Crippen molar-refractivity contribution in [2.45, 2.75) is 46.6 Å². The predicted octanol–water partition coefficient (Wildman–Crippen LogP) is 3.40. The lowest BCUT2D eigenvalue weighted by Crippen LogP contribution is -2.35. The Balaban J connectivity index is 2.79. The van der Waals surface area contributed by atoms with E-state index >= 15 is 0 Å². The van der Waals surface area contributed by atoms with Gasteiger partial charge in [0.05, 0.1) is 19.6 Å². The van der Waals surface area contributed by atoms with Gasteiger partial charge in [0, 0.05) is 6.42 Å². The van der Waals surface area contributed by atoms with Crippen LogP contribution in [0.5, 0.6) is 5.75 Å². The van der Waals surface area contributed by atoms with E-state index in [0.29, 0.717) is 0 Å². The molecule has 0 saturated heterocycles. The summed E-state index contributed by atoms with van der Waals surface area (Å²) in [7, 11) is 1.61. The van der Waals surface area contributed by atoms with Gasteiger partial charge in [0.15, 0.2) is 0 Å². The SMILES string of the molecule is COc1ccc(C(NC(=O)CC(C)(C)CC(=O)O)C(C)C)cc1. The molecule has 0 radical (unpaired) electrons. The Morgan fingerprint density at radius 1 is 1.17 bits per heavy atom. The lowest BCUT2D eigenvalue weighted by molar-refractivity contribution is -0.139. The maximum atomic E-state index is 12.3. The lowest BCUT2D eigenvalue weighted by atomic mass is 9.85. The Labute approximate surface area is 138 Å². The molecule has 128 valence electrons. The lowest BCUT2D eigenvalue weighted by Gasteiger charge is -2.27. The summed E-state index contributed by atoms with van der Waals surface area (Å²) in [6.07, 6.45) is 0.147. The predicted molar refractivity (Wildman–Crippen MR) is 89.4 cm³/mol. The van der Waals surface area contributed by atoms with E-state index in [-0.39, 0.29) is 30.7 Å². The number of carboxylic acid groups (broad SMARTS) is 1. The van der Waals surface area contributed by atoms with Gasteiger partial charge in [0.2, 0.25) is 5.91 Å². The van der Waals surface area contributed by atoms with Gasteiger partial charge in [-0.15, -0.1) is 0 Å². The maximum absolute atomic E-state index is 12.3. The molecule has 1 aromatic carbocycles. The zero-order chi connectivity index (χ0) is 17.6. The number of carboxylic acids is 1. The van der Waals surface area contributed by atoms with E-state index in [9.17, 15) is 9.59 Å². The third kappa shape index (κ3) is 6.30. The number of rotatable bonds is 8. The van der Waals surface area contributed by atoms with Gasteiger partial charge < -0.3 is 15.2 Å². The molecule has 23 heavy (non-hydrogen) atoms. The van der Waals surface area contributed by atoms with Crippen LogP contribution in [0.4, 0.5) is 0 Å². The highest BCUT2D eigenvalue weighted by Gasteiger charge is 2.27. The van der Waals surface area contributed by atoms with Crippen molar-refractivity contribution in [3.05, 3.63) is 29.8 Å². The average molecular weight is 321 g/mol. The van der Waals surface area contributed by atoms with Gasteiger partial charge >= 0.3 is 5.97 Å². The van der Waals surface area contributed by atoms with Crippen LogP contribution in [-0.2, 0) is 9.59 Å². The zero-order valence-corrected chi connectivity index (χ0v) is 14.6. The number of hydrogen-bond acceptors (Lipinski definition) is 3. The number of benzene rings is 1. The number of aliphatic carboxylic acids is 1. The quantitative estimate of drug-likeness (QED) is 0.769. The van der Waals surface area contributed by atoms with Gasteiger partial charge in [-0.3, -0.25) is 9.59 Å². The second kappa shape index (κ2) is 7.99. The van der Waals surface area contributed by atoms with E-state index in [1.165, 1.54) is 0 Å². The van der Waals surface area contributed by atoms with Crippen LogP contribution in [0.2, 0.25) is 0 Å². The zero-order valence-electron chi connectivity index (χ0n) is 14.6. The summed E-state index contributed by atoms with van der Waals surface area (Å²) in [6.45, 7) is 7.66. The number of ether oxygens (including phenoxy) is 1. The Bertz CT molecular complexity index is 534. The third-order valence-electron chi connectivity index (χ3n) is 3.73. The van der Waals surface area contributed by atoms with E-state index in [1.54, 1.807) is 21.0 Å². The van der Waals surface area contributed by atoms with E-state index < -0.39 is 11.4 Å². The van der Waals surface area contributed by atoms with Gasteiger partial charge in [-0.25, -0.2) is 0 Å². The molecule has 0 heterocycles. The van der Waals surface area contributed by atoms with Crippen molar-refractivity contribution < 1.29 is 19.4 Å². The first-order valence-electron chi connectivity index (χ1n) is 7.80. The fraction of sp³-hybridized carbons (Fsp3) is 0.556. The molecule has 1 rings (SSSR count). The van der Waals surface area contributed by atoms with Crippen LogP contribution < -0.4 is 10.1 Å². The van der Waals surface area contributed by atoms with E-state index in [4.69, 9.17) is 9.84 Å². The molecule has 0 aliphatic rings. The second-order valence-corrected chi connectivity index (χ2v) is 6.97. The molecule has 0 bridgehead atoms. The Kier molecular flexibility index (Phi) is 6.61. The molecule has 1 amide bonds. The highest BCUT2D eigenvalue weighted by molar-refractivity contribution is 5.78. The fourth-order valence-electron chi connectivity index (χ4n) is 2.58. The van der Waals surface area contributed by atoms with Gasteiger partial charge in [-0.2, -0.15) is 0 Å². The minimum Gasteiger partial charge on any atom is -0.497 e. The van der Waals surface area contributed by atoms with Gasteiger partial charge in [0.25, 0.3) is 0 Å². The monoisotopic (exact) mass is 321 g/mol. The van der Waals surface area contributed by atoms with E-state index in [1.807, 2.05) is 38.1 Å². The molecular weight excluding hydrogens is 294 g/mol. The molecule has 2 N–H and O–H groups in total. The van der Waals surface area contributed by atoms with E-state index in [2.05, 4.69) is 5.32 Å². The Morgan fingerprint density at radius 3 is 2.17 bits per heavy atom. The van der Waals surface area contributed by atoms with Crippen LogP contribution in [0.25, 0.3) is 0 Å². The van der Waals surface area contributed by atoms with Crippen molar-refractivity contribution in [3.63, 3.8) is 0 Å². The van der Waals surface area contributed by atoms with Crippen LogP contribution in [0, 0.1) is 11.3 Å². The molecule has 1 aromatic rings. The first-order valence-corrected chi connectivity index (χ1v) is 7.80. The third-order valence-corrected chi connectivity index (χ3v) is 3.73. The molecule has 0 aliphatic heterocycles. The first-order chi connectivity index (χ1) is 10.6. The van der Waals surface area contributed by atoms with Crippen molar-refractivity contribution in [1.82, 2.24) is 5.32 Å². The molecule has 5 heteroatoms. The van der Waals surface area contributed by atoms with Crippen molar-refractivity contribution in [2.75, 3.05) is 7.11 Å². The summed E-state index contributed by atoms with van der Waals surface area (Å²) in [5, 5.41) is 11.9. The summed E-state index contributed by atoms with van der Waals surface area (Å²) < 4.78 is 5.15. The molecule has 0 fully saturated rings. The smallest absolute Gasteiger partial charge is 0.303 e. The summed E-state index contributed by atoms with van der Waals surface area (Å²) in [4.78, 5) is 23.2. The normalized spacial score (nSPS) is 12.8. The minimum absolute atomic E-state index is 0.0324. The molecule has 0 saturated carbocycles. The number of hydrogen-bond donors (Lipinski definition) is 2. The first kappa shape index (κ1) is 19.0. The van der Waals surface area contributed by atoms with Crippen molar-refractivity contribution in [3.8, 4) is 5.75 Å².